The lowest BCUT2D eigenvalue weighted by Crippen LogP contribution is -2.01. The molecule has 22 heavy (non-hydrogen) atoms. The van der Waals surface area contributed by atoms with Gasteiger partial charge in [0.25, 0.3) is 0 Å². The summed E-state index contributed by atoms with van der Waals surface area (Å²) < 4.78 is 24.3. The molecule has 0 atom stereocenters. The molecule has 0 amide bonds. The van der Waals surface area contributed by atoms with E-state index < -0.39 is 0 Å². The quantitative estimate of drug-likeness (QED) is 0.668. The average molecular weight is 333 g/mol. The van der Waals surface area contributed by atoms with E-state index in [0.29, 0.717) is 23.2 Å². The third-order valence-corrected chi connectivity index (χ3v) is 4.94. The van der Waals surface area contributed by atoms with Gasteiger partial charge in [0.05, 0.1) is 29.2 Å². The van der Waals surface area contributed by atoms with Crippen LogP contribution in [0.4, 0.5) is 4.39 Å². The van der Waals surface area contributed by atoms with Crippen LogP contribution in [-0.4, -0.2) is 23.5 Å². The van der Waals surface area contributed by atoms with E-state index in [1.165, 1.54) is 17.8 Å². The van der Waals surface area contributed by atoms with Gasteiger partial charge in [-0.05, 0) is 25.0 Å². The molecule has 1 aliphatic carbocycles. The highest BCUT2D eigenvalue weighted by Crippen LogP contribution is 2.41. The third-order valence-electron chi connectivity index (χ3n) is 3.45. The van der Waals surface area contributed by atoms with Crippen molar-refractivity contribution in [1.29, 1.82) is 0 Å². The van der Waals surface area contributed by atoms with Gasteiger partial charge in [0.1, 0.15) is 5.82 Å². The summed E-state index contributed by atoms with van der Waals surface area (Å²) in [4.78, 5) is 0. The highest BCUT2D eigenvalue weighted by molar-refractivity contribution is 7.98. The standard InChI is InChI=1S/C14H12FN5S2/c15-12-4-2-1-3-11(12)13-17-18-14(20(13)10-5-6-10)21-8-9-7-16-22-19-9/h1-4,7,10H,5-6,8H2. The van der Waals surface area contributed by atoms with Crippen molar-refractivity contribution in [2.75, 3.05) is 0 Å². The Kier molecular flexibility index (Phi) is 3.63. The van der Waals surface area contributed by atoms with Crippen molar-refractivity contribution in [3.05, 3.63) is 42.0 Å². The van der Waals surface area contributed by atoms with Crippen LogP contribution in [0.25, 0.3) is 11.4 Å². The van der Waals surface area contributed by atoms with Crippen molar-refractivity contribution >= 4 is 23.5 Å². The number of thioether (sulfide) groups is 1. The SMILES string of the molecule is Fc1ccccc1-c1nnc(SCc2cnsn2)n1C1CC1. The van der Waals surface area contributed by atoms with Crippen LogP contribution in [0, 0.1) is 5.82 Å². The molecule has 1 aromatic carbocycles. The zero-order chi connectivity index (χ0) is 14.9. The fourth-order valence-electron chi connectivity index (χ4n) is 2.25. The van der Waals surface area contributed by atoms with Crippen LogP contribution < -0.4 is 0 Å². The minimum atomic E-state index is -0.267. The maximum Gasteiger partial charge on any atom is 0.192 e. The van der Waals surface area contributed by atoms with Crippen molar-refractivity contribution in [2.45, 2.75) is 29.8 Å². The number of hydrogen-bond donors (Lipinski definition) is 0. The molecule has 3 aromatic rings. The molecule has 0 unspecified atom stereocenters. The lowest BCUT2D eigenvalue weighted by molar-refractivity contribution is 0.622. The average Bonchev–Trinajstić information content (AvgIpc) is 3.08. The van der Waals surface area contributed by atoms with Gasteiger partial charge in [0.2, 0.25) is 0 Å². The Bertz CT molecular complexity index is 782. The summed E-state index contributed by atoms with van der Waals surface area (Å²) in [7, 11) is 0. The van der Waals surface area contributed by atoms with Gasteiger partial charge in [-0.1, -0.05) is 23.9 Å². The molecule has 112 valence electrons. The molecule has 0 bridgehead atoms. The Balaban J connectivity index is 1.67. The first-order valence-electron chi connectivity index (χ1n) is 6.92. The number of aromatic nitrogens is 5. The second-order valence-corrected chi connectivity index (χ2v) is 6.57. The first-order chi connectivity index (χ1) is 10.8. The van der Waals surface area contributed by atoms with Crippen LogP contribution in [-0.2, 0) is 5.75 Å². The number of halogens is 1. The van der Waals surface area contributed by atoms with Gasteiger partial charge < -0.3 is 0 Å². The zero-order valence-electron chi connectivity index (χ0n) is 11.5. The molecule has 0 radical (unpaired) electrons. The topological polar surface area (TPSA) is 56.5 Å². The summed E-state index contributed by atoms with van der Waals surface area (Å²) in [5.41, 5.74) is 1.43. The molecule has 2 aromatic heterocycles. The molecule has 0 saturated heterocycles. The van der Waals surface area contributed by atoms with E-state index in [1.54, 1.807) is 30.1 Å². The Morgan fingerprint density at radius 3 is 2.86 bits per heavy atom. The van der Waals surface area contributed by atoms with Crippen LogP contribution in [0.5, 0.6) is 0 Å². The summed E-state index contributed by atoms with van der Waals surface area (Å²) in [6.45, 7) is 0. The summed E-state index contributed by atoms with van der Waals surface area (Å²) in [5.74, 6) is 1.04. The van der Waals surface area contributed by atoms with Crippen molar-refractivity contribution in [3.63, 3.8) is 0 Å². The van der Waals surface area contributed by atoms with Crippen LogP contribution in [0.3, 0.4) is 0 Å². The molecular formula is C14H12FN5S2. The molecule has 0 aliphatic heterocycles. The molecule has 8 heteroatoms. The van der Waals surface area contributed by atoms with E-state index in [1.807, 2.05) is 6.07 Å². The predicted molar refractivity (Wildman–Crippen MR) is 83.2 cm³/mol. The predicted octanol–water partition coefficient (Wildman–Crippen LogP) is 3.56. The van der Waals surface area contributed by atoms with Crippen LogP contribution in [0.1, 0.15) is 24.6 Å². The molecule has 1 saturated carbocycles. The number of hydrogen-bond acceptors (Lipinski definition) is 6. The van der Waals surface area contributed by atoms with Crippen LogP contribution in [0.2, 0.25) is 0 Å². The lowest BCUT2D eigenvalue weighted by Gasteiger charge is -2.08. The fraction of sp³-hybridized carbons (Fsp3) is 0.286. The van der Waals surface area contributed by atoms with E-state index in [4.69, 9.17) is 0 Å². The molecule has 1 fully saturated rings. The van der Waals surface area contributed by atoms with E-state index in [9.17, 15) is 4.39 Å². The Morgan fingerprint density at radius 2 is 2.14 bits per heavy atom. The van der Waals surface area contributed by atoms with Crippen LogP contribution in [0.15, 0.2) is 35.6 Å². The van der Waals surface area contributed by atoms with Crippen LogP contribution >= 0.6 is 23.5 Å². The fourth-order valence-corrected chi connectivity index (χ4v) is 3.65. The lowest BCUT2D eigenvalue weighted by atomic mass is 10.2. The van der Waals surface area contributed by atoms with Gasteiger partial charge >= 0.3 is 0 Å². The zero-order valence-corrected chi connectivity index (χ0v) is 13.1. The Labute approximate surface area is 134 Å². The summed E-state index contributed by atoms with van der Waals surface area (Å²) >= 11 is 2.76. The van der Waals surface area contributed by atoms with Gasteiger partial charge in [-0.15, -0.1) is 10.2 Å². The van der Waals surface area contributed by atoms with E-state index >= 15 is 0 Å². The Hall–Kier alpha value is -1.80. The van der Waals surface area contributed by atoms with Gasteiger partial charge in [-0.25, -0.2) is 4.39 Å². The molecule has 2 heterocycles. The summed E-state index contributed by atoms with van der Waals surface area (Å²) in [6.07, 6.45) is 3.93. The molecular weight excluding hydrogens is 321 g/mol. The third kappa shape index (κ3) is 2.64. The van der Waals surface area contributed by atoms with E-state index in [2.05, 4.69) is 23.5 Å². The monoisotopic (exact) mass is 333 g/mol. The normalized spacial score (nSPS) is 14.4. The maximum atomic E-state index is 14.1. The summed E-state index contributed by atoms with van der Waals surface area (Å²) in [5, 5.41) is 9.30. The van der Waals surface area contributed by atoms with Gasteiger partial charge in [0.15, 0.2) is 11.0 Å². The molecule has 0 N–H and O–H groups in total. The smallest absolute Gasteiger partial charge is 0.192 e. The highest BCUT2D eigenvalue weighted by Gasteiger charge is 2.30. The number of nitrogens with zero attached hydrogens (tertiary/aromatic N) is 5. The van der Waals surface area contributed by atoms with Gasteiger partial charge in [-0.3, -0.25) is 4.57 Å². The molecule has 4 rings (SSSR count). The van der Waals surface area contributed by atoms with Crippen molar-refractivity contribution in [3.8, 4) is 11.4 Å². The maximum absolute atomic E-state index is 14.1. The van der Waals surface area contributed by atoms with Crippen molar-refractivity contribution in [2.24, 2.45) is 0 Å². The first-order valence-corrected chi connectivity index (χ1v) is 8.63. The summed E-state index contributed by atoms with van der Waals surface area (Å²) in [6, 6.07) is 7.08. The highest BCUT2D eigenvalue weighted by atomic mass is 32.2. The van der Waals surface area contributed by atoms with E-state index in [-0.39, 0.29) is 5.82 Å². The molecule has 5 nitrogen and oxygen atoms in total. The minimum absolute atomic E-state index is 0.267. The number of rotatable bonds is 5. The second-order valence-electron chi connectivity index (χ2n) is 5.07. The van der Waals surface area contributed by atoms with Gasteiger partial charge in [-0.2, -0.15) is 8.75 Å². The van der Waals surface area contributed by atoms with Crippen molar-refractivity contribution in [1.82, 2.24) is 23.5 Å². The second kappa shape index (κ2) is 5.77. The molecule has 0 spiro atoms. The molecule has 1 aliphatic rings. The van der Waals surface area contributed by atoms with E-state index in [0.717, 1.165) is 23.7 Å². The van der Waals surface area contributed by atoms with Gasteiger partial charge in [0, 0.05) is 11.8 Å². The largest absolute Gasteiger partial charge is 0.299 e. The first kappa shape index (κ1) is 13.8. The minimum Gasteiger partial charge on any atom is -0.299 e. The number of benzene rings is 1. The Morgan fingerprint density at radius 1 is 1.27 bits per heavy atom. The van der Waals surface area contributed by atoms with Crippen molar-refractivity contribution < 1.29 is 4.39 Å².